The van der Waals surface area contributed by atoms with Crippen LogP contribution in [0, 0.1) is 0 Å². The maximum atomic E-state index is 11.5. The van der Waals surface area contributed by atoms with Gasteiger partial charge in [0.05, 0.1) is 29.7 Å². The molecule has 0 saturated carbocycles. The van der Waals surface area contributed by atoms with Crippen molar-refractivity contribution in [2.75, 3.05) is 7.11 Å². The lowest BCUT2D eigenvalue weighted by Gasteiger charge is -1.98. The number of H-pyrrole nitrogens is 1. The van der Waals surface area contributed by atoms with Crippen LogP contribution in [-0.4, -0.2) is 28.2 Å². The summed E-state index contributed by atoms with van der Waals surface area (Å²) in [7, 11) is 1.33. The van der Waals surface area contributed by atoms with E-state index >= 15 is 0 Å². The number of hydrogen-bond acceptors (Lipinski definition) is 5. The molecule has 3 rings (SSSR count). The van der Waals surface area contributed by atoms with Crippen molar-refractivity contribution >= 4 is 50.8 Å². The zero-order chi connectivity index (χ0) is 14.1. The fourth-order valence-corrected chi connectivity index (χ4v) is 2.23. The molecule has 20 heavy (non-hydrogen) atoms. The van der Waals surface area contributed by atoms with Crippen molar-refractivity contribution in [1.82, 2.24) is 9.97 Å². The highest BCUT2D eigenvalue weighted by molar-refractivity contribution is 7.78. The highest BCUT2D eigenvalue weighted by Gasteiger charge is 2.11. The molecule has 0 bridgehead atoms. The normalized spacial score (nSPS) is 10.4. The van der Waals surface area contributed by atoms with Crippen LogP contribution >= 0.6 is 12.2 Å². The number of thiocarbonyl (C=S) groups is 1. The predicted octanol–water partition coefficient (Wildman–Crippen LogP) is 3.24. The van der Waals surface area contributed by atoms with E-state index < -0.39 is 5.97 Å². The van der Waals surface area contributed by atoms with Crippen LogP contribution < -0.4 is 0 Å². The molecule has 0 fully saturated rings. The molecular weight excluding hydrogens is 274 g/mol. The van der Waals surface area contributed by atoms with Crippen molar-refractivity contribution in [3.63, 3.8) is 0 Å². The van der Waals surface area contributed by atoms with E-state index in [1.54, 1.807) is 12.3 Å². The molecule has 98 valence electrons. The van der Waals surface area contributed by atoms with Gasteiger partial charge in [-0.2, -0.15) is 4.99 Å². The van der Waals surface area contributed by atoms with Gasteiger partial charge in [-0.05, 0) is 36.5 Å². The summed E-state index contributed by atoms with van der Waals surface area (Å²) in [4.78, 5) is 22.8. The summed E-state index contributed by atoms with van der Waals surface area (Å²) in [5, 5.41) is 4.17. The maximum absolute atomic E-state index is 11.5. The van der Waals surface area contributed by atoms with E-state index in [1.165, 1.54) is 7.11 Å². The van der Waals surface area contributed by atoms with Gasteiger partial charge in [-0.15, -0.1) is 0 Å². The first-order valence-electron chi connectivity index (χ1n) is 5.80. The van der Waals surface area contributed by atoms with Crippen LogP contribution in [0.2, 0.25) is 0 Å². The molecular formula is C14H9N3O2S. The number of pyridine rings is 1. The standard InChI is InChI=1S/C14H9N3O2S/c1-19-14(18)12-5-10-9-4-8(16-7-20)2-3-11(9)17-13(10)6-15-12/h2-6,17H,1H3. The monoisotopic (exact) mass is 283 g/mol. The number of carbonyl (C=O) groups excluding carboxylic acids is 1. The molecule has 6 heteroatoms. The van der Waals surface area contributed by atoms with Gasteiger partial charge in [-0.25, -0.2) is 9.78 Å². The van der Waals surface area contributed by atoms with Gasteiger partial charge >= 0.3 is 5.97 Å². The molecule has 1 aromatic carbocycles. The first-order chi connectivity index (χ1) is 9.72. The molecule has 0 aliphatic carbocycles. The van der Waals surface area contributed by atoms with Gasteiger partial charge in [-0.1, -0.05) is 0 Å². The van der Waals surface area contributed by atoms with E-state index in [-0.39, 0.29) is 5.69 Å². The molecule has 0 atom stereocenters. The summed E-state index contributed by atoms with van der Waals surface area (Å²) in [6, 6.07) is 7.32. The van der Waals surface area contributed by atoms with Crippen molar-refractivity contribution in [1.29, 1.82) is 0 Å². The molecule has 0 aliphatic heterocycles. The largest absolute Gasteiger partial charge is 0.464 e. The molecule has 3 aromatic rings. The van der Waals surface area contributed by atoms with Gasteiger partial charge in [0, 0.05) is 16.3 Å². The number of methoxy groups -OCH3 is 1. The lowest BCUT2D eigenvalue weighted by Crippen LogP contribution is -2.03. The average Bonchev–Trinajstić information content (AvgIpc) is 2.84. The summed E-state index contributed by atoms with van der Waals surface area (Å²) in [6.07, 6.45) is 1.61. The summed E-state index contributed by atoms with van der Waals surface area (Å²) < 4.78 is 4.68. The molecule has 2 aromatic heterocycles. The second-order valence-corrected chi connectivity index (χ2v) is 4.35. The number of aromatic nitrogens is 2. The van der Waals surface area contributed by atoms with E-state index in [2.05, 4.69) is 37.1 Å². The molecule has 0 unspecified atom stereocenters. The summed E-state index contributed by atoms with van der Waals surface area (Å²) in [5.41, 5.74) is 2.76. The van der Waals surface area contributed by atoms with Crippen LogP contribution in [0.3, 0.4) is 0 Å². The average molecular weight is 283 g/mol. The van der Waals surface area contributed by atoms with Gasteiger partial charge in [0.25, 0.3) is 0 Å². The maximum Gasteiger partial charge on any atom is 0.356 e. The van der Waals surface area contributed by atoms with Crippen molar-refractivity contribution in [2.45, 2.75) is 0 Å². The van der Waals surface area contributed by atoms with E-state index in [1.807, 2.05) is 18.2 Å². The van der Waals surface area contributed by atoms with E-state index in [0.29, 0.717) is 5.69 Å². The molecule has 0 spiro atoms. The Labute approximate surface area is 119 Å². The minimum Gasteiger partial charge on any atom is -0.464 e. The lowest BCUT2D eigenvalue weighted by atomic mass is 10.1. The number of rotatable bonds is 2. The number of nitrogens with one attached hydrogen (secondary N) is 1. The third kappa shape index (κ3) is 1.97. The second kappa shape index (κ2) is 4.85. The number of benzene rings is 1. The highest BCUT2D eigenvalue weighted by atomic mass is 32.1. The molecule has 1 N–H and O–H groups in total. The van der Waals surface area contributed by atoms with Crippen LogP contribution in [0.4, 0.5) is 5.69 Å². The number of carbonyl (C=O) groups is 1. The smallest absolute Gasteiger partial charge is 0.356 e. The van der Waals surface area contributed by atoms with Crippen molar-refractivity contribution in [3.05, 3.63) is 36.2 Å². The van der Waals surface area contributed by atoms with Crippen molar-refractivity contribution < 1.29 is 9.53 Å². The van der Waals surface area contributed by atoms with E-state index in [9.17, 15) is 4.79 Å². The first kappa shape index (κ1) is 12.5. The second-order valence-electron chi connectivity index (χ2n) is 4.16. The van der Waals surface area contributed by atoms with Crippen LogP contribution in [0.1, 0.15) is 10.5 Å². The summed E-state index contributed by atoms with van der Waals surface area (Å²) in [5.74, 6) is -0.464. The lowest BCUT2D eigenvalue weighted by molar-refractivity contribution is 0.0594. The number of nitrogens with zero attached hydrogens (tertiary/aromatic N) is 2. The Hall–Kier alpha value is -2.56. The molecule has 0 saturated heterocycles. The minimum absolute atomic E-state index is 0.268. The topological polar surface area (TPSA) is 67.3 Å². The quantitative estimate of drug-likeness (QED) is 0.445. The van der Waals surface area contributed by atoms with Gasteiger partial charge < -0.3 is 9.72 Å². The number of ether oxygens (including phenoxy) is 1. The molecule has 0 aliphatic rings. The van der Waals surface area contributed by atoms with Crippen LogP contribution in [0.25, 0.3) is 21.8 Å². The number of isothiocyanates is 1. The van der Waals surface area contributed by atoms with Gasteiger partial charge in [0.15, 0.2) is 0 Å². The number of hydrogen-bond donors (Lipinski definition) is 1. The van der Waals surface area contributed by atoms with Crippen LogP contribution in [0.15, 0.2) is 35.5 Å². The van der Waals surface area contributed by atoms with Gasteiger partial charge in [0.2, 0.25) is 0 Å². The third-order valence-corrected chi connectivity index (χ3v) is 3.13. The Balaban J connectivity index is 2.30. The van der Waals surface area contributed by atoms with Gasteiger partial charge in [-0.3, -0.25) is 0 Å². The Bertz CT molecular complexity index is 879. The first-order valence-corrected chi connectivity index (χ1v) is 6.21. The molecule has 5 nitrogen and oxygen atoms in total. The Morgan fingerprint density at radius 1 is 1.35 bits per heavy atom. The molecule has 0 amide bonds. The van der Waals surface area contributed by atoms with Crippen molar-refractivity contribution in [2.24, 2.45) is 4.99 Å². The number of fused-ring (bicyclic) bond motifs is 3. The van der Waals surface area contributed by atoms with E-state index in [4.69, 9.17) is 0 Å². The fourth-order valence-electron chi connectivity index (χ4n) is 2.13. The number of aromatic amines is 1. The van der Waals surface area contributed by atoms with Crippen LogP contribution in [0.5, 0.6) is 0 Å². The predicted molar refractivity (Wildman–Crippen MR) is 79.6 cm³/mol. The van der Waals surface area contributed by atoms with Crippen molar-refractivity contribution in [3.8, 4) is 0 Å². The van der Waals surface area contributed by atoms with E-state index in [0.717, 1.165) is 21.8 Å². The summed E-state index contributed by atoms with van der Waals surface area (Å²) in [6.45, 7) is 0. The molecule has 0 radical (unpaired) electrons. The van der Waals surface area contributed by atoms with Gasteiger partial charge in [0.1, 0.15) is 5.69 Å². The number of aliphatic imine (C=N–C) groups is 1. The third-order valence-electron chi connectivity index (χ3n) is 3.04. The van der Waals surface area contributed by atoms with Crippen LogP contribution in [-0.2, 0) is 4.74 Å². The Morgan fingerprint density at radius 2 is 2.15 bits per heavy atom. The zero-order valence-electron chi connectivity index (χ0n) is 10.5. The SMILES string of the molecule is COC(=O)c1cc2c(cn1)[nH]c1ccc(N=C=S)cc12. The minimum atomic E-state index is -0.464. The Kier molecular flexibility index (Phi) is 3.02. The fraction of sp³-hybridized carbons (Fsp3) is 0.0714. The molecule has 2 heterocycles. The Morgan fingerprint density at radius 3 is 2.90 bits per heavy atom. The number of esters is 1. The highest BCUT2D eigenvalue weighted by Crippen LogP contribution is 2.28. The zero-order valence-corrected chi connectivity index (χ0v) is 11.3. The summed E-state index contributed by atoms with van der Waals surface area (Å²) >= 11 is 4.61.